The van der Waals surface area contributed by atoms with Crippen molar-refractivity contribution in [2.24, 2.45) is 7.05 Å². The van der Waals surface area contributed by atoms with Crippen LogP contribution in [-0.4, -0.2) is 25.6 Å². The summed E-state index contributed by atoms with van der Waals surface area (Å²) in [4.78, 5) is 30.2. The van der Waals surface area contributed by atoms with Gasteiger partial charge in [-0.2, -0.15) is 4.37 Å². The maximum absolute atomic E-state index is 12.9. The quantitative estimate of drug-likeness (QED) is 0.331. The SMILES string of the molecule is Cc1ccc(-c2nsc3c(=O)n(C)c(SCC(=O)Nc4c(C)cc(C)cc4C)nc23)cc1. The minimum Gasteiger partial charge on any atom is -0.325 e. The molecule has 2 aromatic heterocycles. The Kier molecular flexibility index (Phi) is 6.17. The highest BCUT2D eigenvalue weighted by Gasteiger charge is 2.18. The van der Waals surface area contributed by atoms with E-state index in [1.807, 2.05) is 64.1 Å². The number of thioether (sulfide) groups is 1. The molecule has 2 heterocycles. The number of aromatic nitrogens is 3. The number of nitrogens with zero attached hydrogens (tertiary/aromatic N) is 3. The van der Waals surface area contributed by atoms with Gasteiger partial charge in [0.1, 0.15) is 15.9 Å². The van der Waals surface area contributed by atoms with Crippen LogP contribution in [0, 0.1) is 27.7 Å². The van der Waals surface area contributed by atoms with Crippen LogP contribution in [0.5, 0.6) is 0 Å². The first kappa shape index (κ1) is 22.2. The fourth-order valence-electron chi connectivity index (χ4n) is 3.65. The molecule has 0 aliphatic carbocycles. The van der Waals surface area contributed by atoms with E-state index in [4.69, 9.17) is 4.98 Å². The smallest absolute Gasteiger partial charge is 0.273 e. The molecule has 0 fully saturated rings. The third-order valence-corrected chi connectivity index (χ3v) is 7.11. The number of carbonyl (C=O) groups excluding carboxylic acids is 1. The highest BCUT2D eigenvalue weighted by atomic mass is 32.2. The molecule has 1 amide bonds. The molecule has 0 radical (unpaired) electrons. The second kappa shape index (κ2) is 8.88. The van der Waals surface area contributed by atoms with E-state index in [1.54, 1.807) is 7.05 Å². The normalized spacial score (nSPS) is 11.2. The maximum Gasteiger partial charge on any atom is 0.273 e. The van der Waals surface area contributed by atoms with E-state index in [0.717, 1.165) is 45.0 Å². The van der Waals surface area contributed by atoms with E-state index in [2.05, 4.69) is 9.69 Å². The summed E-state index contributed by atoms with van der Waals surface area (Å²) in [5, 5.41) is 3.49. The highest BCUT2D eigenvalue weighted by molar-refractivity contribution is 7.99. The van der Waals surface area contributed by atoms with Gasteiger partial charge in [0.15, 0.2) is 5.16 Å². The Balaban J connectivity index is 1.60. The van der Waals surface area contributed by atoms with E-state index in [0.29, 0.717) is 21.1 Å². The van der Waals surface area contributed by atoms with E-state index in [1.165, 1.54) is 16.3 Å². The van der Waals surface area contributed by atoms with E-state index in [-0.39, 0.29) is 17.2 Å². The number of carbonyl (C=O) groups is 1. The monoisotopic (exact) mass is 464 g/mol. The van der Waals surface area contributed by atoms with Crippen molar-refractivity contribution in [2.75, 3.05) is 11.1 Å². The zero-order valence-electron chi connectivity index (χ0n) is 18.6. The van der Waals surface area contributed by atoms with Gasteiger partial charge in [-0.15, -0.1) is 0 Å². The van der Waals surface area contributed by atoms with Gasteiger partial charge in [0.05, 0.1) is 5.75 Å². The molecule has 0 saturated carbocycles. The molecule has 1 N–H and O–H groups in total. The summed E-state index contributed by atoms with van der Waals surface area (Å²) in [6, 6.07) is 12.1. The lowest BCUT2D eigenvalue weighted by molar-refractivity contribution is -0.113. The average molecular weight is 465 g/mol. The molecule has 2 aromatic carbocycles. The number of rotatable bonds is 5. The van der Waals surface area contributed by atoms with E-state index in [9.17, 15) is 9.59 Å². The molecule has 0 spiro atoms. The van der Waals surface area contributed by atoms with Crippen LogP contribution < -0.4 is 10.9 Å². The summed E-state index contributed by atoms with van der Waals surface area (Å²) < 4.78 is 6.50. The van der Waals surface area contributed by atoms with Crippen molar-refractivity contribution < 1.29 is 4.79 Å². The number of fused-ring (bicyclic) bond motifs is 1. The van der Waals surface area contributed by atoms with Crippen LogP contribution >= 0.6 is 23.3 Å². The maximum atomic E-state index is 12.9. The highest BCUT2D eigenvalue weighted by Crippen LogP contribution is 2.29. The number of nitrogens with one attached hydrogen (secondary N) is 1. The molecule has 0 unspecified atom stereocenters. The van der Waals surface area contributed by atoms with Gasteiger partial charge in [-0.25, -0.2) is 4.98 Å². The molecular weight excluding hydrogens is 440 g/mol. The summed E-state index contributed by atoms with van der Waals surface area (Å²) in [5.74, 6) is 0.0114. The Labute approximate surface area is 194 Å². The van der Waals surface area contributed by atoms with Crippen LogP contribution in [-0.2, 0) is 11.8 Å². The Bertz CT molecular complexity index is 1360. The zero-order chi connectivity index (χ0) is 23.0. The molecule has 4 aromatic rings. The lowest BCUT2D eigenvalue weighted by atomic mass is 10.1. The van der Waals surface area contributed by atoms with Crippen molar-refractivity contribution >= 4 is 45.1 Å². The third kappa shape index (κ3) is 4.33. The summed E-state index contributed by atoms with van der Waals surface area (Å²) in [5.41, 5.74) is 7.24. The minimum atomic E-state index is -0.154. The molecule has 164 valence electrons. The fourth-order valence-corrected chi connectivity index (χ4v) is 5.23. The van der Waals surface area contributed by atoms with Crippen molar-refractivity contribution in [3.05, 3.63) is 69.0 Å². The van der Waals surface area contributed by atoms with Gasteiger partial charge in [0.25, 0.3) is 5.56 Å². The average Bonchev–Trinajstić information content (AvgIpc) is 3.16. The Morgan fingerprint density at radius 2 is 1.72 bits per heavy atom. The van der Waals surface area contributed by atoms with Crippen LogP contribution in [0.3, 0.4) is 0 Å². The third-order valence-electron chi connectivity index (χ3n) is 5.26. The van der Waals surface area contributed by atoms with Gasteiger partial charge in [0, 0.05) is 18.3 Å². The van der Waals surface area contributed by atoms with Gasteiger partial charge in [0.2, 0.25) is 5.91 Å². The summed E-state index contributed by atoms with van der Waals surface area (Å²) in [6.45, 7) is 8.03. The number of hydrogen-bond donors (Lipinski definition) is 1. The van der Waals surface area contributed by atoms with Gasteiger partial charge < -0.3 is 5.32 Å². The molecule has 8 heteroatoms. The fraction of sp³-hybridized carbons (Fsp3) is 0.250. The number of hydrogen-bond acceptors (Lipinski definition) is 6. The van der Waals surface area contributed by atoms with Gasteiger partial charge in [-0.3, -0.25) is 14.2 Å². The van der Waals surface area contributed by atoms with Gasteiger partial charge in [-0.05, 0) is 50.4 Å². The Morgan fingerprint density at radius 3 is 2.38 bits per heavy atom. The topological polar surface area (TPSA) is 76.9 Å². The lowest BCUT2D eigenvalue weighted by Gasteiger charge is -2.13. The van der Waals surface area contributed by atoms with Gasteiger partial charge >= 0.3 is 0 Å². The van der Waals surface area contributed by atoms with Crippen molar-refractivity contribution in [3.63, 3.8) is 0 Å². The number of amides is 1. The molecule has 4 rings (SSSR count). The largest absolute Gasteiger partial charge is 0.325 e. The molecule has 0 bridgehead atoms. The summed E-state index contributed by atoms with van der Waals surface area (Å²) in [7, 11) is 1.68. The molecule has 6 nitrogen and oxygen atoms in total. The molecule has 32 heavy (non-hydrogen) atoms. The molecule has 0 aliphatic rings. The Morgan fingerprint density at radius 1 is 1.06 bits per heavy atom. The van der Waals surface area contributed by atoms with Crippen LogP contribution in [0.1, 0.15) is 22.3 Å². The lowest BCUT2D eigenvalue weighted by Crippen LogP contribution is -2.21. The zero-order valence-corrected chi connectivity index (χ0v) is 20.3. The number of benzene rings is 2. The minimum absolute atomic E-state index is 0.137. The van der Waals surface area contributed by atoms with Crippen molar-refractivity contribution in [1.29, 1.82) is 0 Å². The molecular formula is C24H24N4O2S2. The second-order valence-electron chi connectivity index (χ2n) is 7.94. The van der Waals surface area contributed by atoms with E-state index < -0.39 is 0 Å². The van der Waals surface area contributed by atoms with Crippen LogP contribution in [0.4, 0.5) is 5.69 Å². The molecule has 0 aliphatic heterocycles. The molecule has 0 atom stereocenters. The second-order valence-corrected chi connectivity index (χ2v) is 9.66. The standard InChI is InChI=1S/C24H24N4O2S2/c1-13-6-8-17(9-7-13)20-21-22(32-27-20)23(30)28(5)24(26-21)31-12-18(29)25-19-15(3)10-14(2)11-16(19)4/h6-11H,12H2,1-5H3,(H,25,29). The summed E-state index contributed by atoms with van der Waals surface area (Å²) in [6.07, 6.45) is 0. The summed E-state index contributed by atoms with van der Waals surface area (Å²) >= 11 is 2.40. The van der Waals surface area contributed by atoms with Crippen LogP contribution in [0.15, 0.2) is 46.3 Å². The first-order valence-electron chi connectivity index (χ1n) is 10.2. The van der Waals surface area contributed by atoms with Crippen molar-refractivity contribution in [2.45, 2.75) is 32.9 Å². The van der Waals surface area contributed by atoms with Gasteiger partial charge in [-0.1, -0.05) is 59.3 Å². The molecule has 0 saturated heterocycles. The number of aryl methyl sites for hydroxylation is 4. The first-order chi connectivity index (χ1) is 15.2. The van der Waals surface area contributed by atoms with E-state index >= 15 is 0 Å². The van der Waals surface area contributed by atoms with Crippen molar-refractivity contribution in [3.8, 4) is 11.3 Å². The van der Waals surface area contributed by atoms with Crippen molar-refractivity contribution in [1.82, 2.24) is 13.9 Å². The first-order valence-corrected chi connectivity index (χ1v) is 11.9. The van der Waals surface area contributed by atoms with Crippen LogP contribution in [0.25, 0.3) is 21.5 Å². The Hall–Kier alpha value is -2.97. The predicted molar refractivity (Wildman–Crippen MR) is 133 cm³/mol. The predicted octanol–water partition coefficient (Wildman–Crippen LogP) is 5.02. The number of anilines is 1. The van der Waals surface area contributed by atoms with Crippen LogP contribution in [0.2, 0.25) is 0 Å².